The zero-order chi connectivity index (χ0) is 18.1. The molecule has 2 N–H and O–H groups in total. The average molecular weight is 354 g/mol. The van der Waals surface area contributed by atoms with Crippen LogP contribution in [0.5, 0.6) is 0 Å². The van der Waals surface area contributed by atoms with Crippen molar-refractivity contribution in [1.29, 1.82) is 0 Å². The molecule has 2 rings (SSSR count). The number of furan rings is 1. The highest BCUT2D eigenvalue weighted by atomic mass is 32.2. The molecule has 0 saturated carbocycles. The summed E-state index contributed by atoms with van der Waals surface area (Å²) in [6.07, 6.45) is 0.904. The van der Waals surface area contributed by atoms with E-state index in [1.807, 2.05) is 0 Å². The average Bonchev–Trinajstić information content (AvgIpc) is 2.91. The lowest BCUT2D eigenvalue weighted by molar-refractivity contribution is -0.387. The van der Waals surface area contributed by atoms with E-state index in [2.05, 4.69) is 5.32 Å². The van der Waals surface area contributed by atoms with E-state index in [0.29, 0.717) is 17.2 Å². The lowest BCUT2D eigenvalue weighted by atomic mass is 10.0. The summed E-state index contributed by atoms with van der Waals surface area (Å²) in [5.74, 6) is 1.01. The van der Waals surface area contributed by atoms with Gasteiger partial charge < -0.3 is 14.8 Å². The van der Waals surface area contributed by atoms with E-state index < -0.39 is 26.0 Å². The first-order valence-corrected chi connectivity index (χ1v) is 8.91. The van der Waals surface area contributed by atoms with E-state index in [1.54, 1.807) is 26.0 Å². The zero-order valence-electron chi connectivity index (χ0n) is 13.4. The van der Waals surface area contributed by atoms with Crippen molar-refractivity contribution in [2.24, 2.45) is 0 Å². The number of anilines is 1. The molecule has 0 radical (unpaired) electrons. The maximum Gasteiger partial charge on any atom is 0.288 e. The molecule has 1 atom stereocenters. The molecule has 8 nitrogen and oxygen atoms in total. The van der Waals surface area contributed by atoms with Crippen LogP contribution in [-0.2, 0) is 15.4 Å². The van der Waals surface area contributed by atoms with Crippen molar-refractivity contribution in [1.82, 2.24) is 0 Å². The van der Waals surface area contributed by atoms with Gasteiger partial charge in [0.05, 0.1) is 11.5 Å². The summed E-state index contributed by atoms with van der Waals surface area (Å²) in [6.45, 7) is 3.32. The van der Waals surface area contributed by atoms with E-state index in [4.69, 9.17) is 4.42 Å². The molecule has 0 fully saturated rings. The Balaban J connectivity index is 2.26. The molecule has 9 heteroatoms. The topological polar surface area (TPSA) is 123 Å². The van der Waals surface area contributed by atoms with Crippen molar-refractivity contribution < 1.29 is 22.9 Å². The Morgan fingerprint density at radius 1 is 1.33 bits per heavy atom. The Morgan fingerprint density at radius 2 is 2.00 bits per heavy atom. The Hall–Kier alpha value is -2.39. The summed E-state index contributed by atoms with van der Waals surface area (Å²) in [7, 11) is -3.77. The summed E-state index contributed by atoms with van der Waals surface area (Å²) in [5, 5.41) is 24.3. The number of aryl methyl sites for hydroxylation is 1. The van der Waals surface area contributed by atoms with Gasteiger partial charge in [0, 0.05) is 18.0 Å². The minimum Gasteiger partial charge on any atom is -0.463 e. The van der Waals surface area contributed by atoms with Gasteiger partial charge in [-0.1, -0.05) is 0 Å². The van der Waals surface area contributed by atoms with Crippen molar-refractivity contribution in [2.75, 3.05) is 18.1 Å². The fraction of sp³-hybridized carbons (Fsp3) is 0.333. The Kier molecular flexibility index (Phi) is 4.68. The molecule has 0 aliphatic carbocycles. The van der Waals surface area contributed by atoms with E-state index in [-0.39, 0.29) is 11.4 Å². The highest BCUT2D eigenvalue weighted by Gasteiger charge is 2.27. The molecule has 0 aliphatic rings. The maximum atomic E-state index is 11.7. The quantitative estimate of drug-likeness (QED) is 0.602. The minimum absolute atomic E-state index is 0.0287. The minimum atomic E-state index is -3.77. The number of sulfone groups is 1. The van der Waals surface area contributed by atoms with Crippen molar-refractivity contribution in [3.8, 4) is 0 Å². The van der Waals surface area contributed by atoms with Gasteiger partial charge in [-0.25, -0.2) is 8.42 Å². The molecule has 1 aromatic carbocycles. The molecule has 0 aliphatic heterocycles. The number of hydrogen-bond donors (Lipinski definition) is 2. The second kappa shape index (κ2) is 6.25. The Bertz CT molecular complexity index is 870. The van der Waals surface area contributed by atoms with Crippen LogP contribution in [0.2, 0.25) is 0 Å². The monoisotopic (exact) mass is 354 g/mol. The number of nitrogens with one attached hydrogen (secondary N) is 1. The summed E-state index contributed by atoms with van der Waals surface area (Å²) < 4.78 is 28.9. The van der Waals surface area contributed by atoms with Gasteiger partial charge in [0.25, 0.3) is 5.69 Å². The second-order valence-electron chi connectivity index (χ2n) is 5.75. The van der Waals surface area contributed by atoms with Gasteiger partial charge >= 0.3 is 0 Å². The van der Waals surface area contributed by atoms with Crippen LogP contribution in [0.1, 0.15) is 18.4 Å². The number of nitrogens with zero attached hydrogens (tertiary/aromatic N) is 1. The summed E-state index contributed by atoms with van der Waals surface area (Å²) >= 11 is 0. The van der Waals surface area contributed by atoms with Crippen LogP contribution in [0, 0.1) is 17.0 Å². The van der Waals surface area contributed by atoms with Crippen molar-refractivity contribution >= 4 is 21.2 Å². The van der Waals surface area contributed by atoms with Crippen LogP contribution < -0.4 is 5.32 Å². The van der Waals surface area contributed by atoms with E-state index in [9.17, 15) is 23.6 Å². The third-order valence-corrected chi connectivity index (χ3v) is 4.59. The first kappa shape index (κ1) is 18.0. The summed E-state index contributed by atoms with van der Waals surface area (Å²) in [5.41, 5.74) is -1.48. The fourth-order valence-electron chi connectivity index (χ4n) is 2.16. The van der Waals surface area contributed by atoms with Crippen LogP contribution in [0.3, 0.4) is 0 Å². The van der Waals surface area contributed by atoms with Crippen LogP contribution in [0.4, 0.5) is 11.4 Å². The largest absolute Gasteiger partial charge is 0.463 e. The van der Waals surface area contributed by atoms with Gasteiger partial charge in [0.2, 0.25) is 0 Å². The van der Waals surface area contributed by atoms with Gasteiger partial charge in [-0.05, 0) is 38.1 Å². The molecule has 0 saturated heterocycles. The predicted molar refractivity (Wildman–Crippen MR) is 87.7 cm³/mol. The first-order chi connectivity index (χ1) is 11.0. The zero-order valence-corrected chi connectivity index (χ0v) is 14.3. The molecular formula is C15H18N2O6S. The number of nitro benzene ring substituents is 1. The maximum absolute atomic E-state index is 11.7. The van der Waals surface area contributed by atoms with Crippen LogP contribution >= 0.6 is 0 Å². The van der Waals surface area contributed by atoms with Crippen molar-refractivity contribution in [3.05, 3.63) is 52.0 Å². The Labute approximate surface area is 139 Å². The van der Waals surface area contributed by atoms with E-state index >= 15 is 0 Å². The van der Waals surface area contributed by atoms with Crippen molar-refractivity contribution in [2.45, 2.75) is 24.3 Å². The van der Waals surface area contributed by atoms with Crippen molar-refractivity contribution in [3.63, 3.8) is 0 Å². The van der Waals surface area contributed by atoms with Gasteiger partial charge in [0.1, 0.15) is 22.0 Å². The van der Waals surface area contributed by atoms with Gasteiger partial charge in [-0.15, -0.1) is 0 Å². The highest BCUT2D eigenvalue weighted by molar-refractivity contribution is 7.90. The molecule has 1 heterocycles. The van der Waals surface area contributed by atoms with Crippen LogP contribution in [-0.4, -0.2) is 31.2 Å². The van der Waals surface area contributed by atoms with Crippen LogP contribution in [0.25, 0.3) is 0 Å². The van der Waals surface area contributed by atoms with E-state index in [1.165, 1.54) is 12.1 Å². The lowest BCUT2D eigenvalue weighted by Crippen LogP contribution is -2.30. The Morgan fingerprint density at radius 3 is 2.50 bits per heavy atom. The normalized spacial score (nSPS) is 14.2. The smallest absolute Gasteiger partial charge is 0.288 e. The SMILES string of the molecule is Cc1ccc(C(C)(O)CNc2ccc([N+](=O)[O-])c(S(C)(=O)=O)c2)o1. The standard InChI is InChI=1S/C15H18N2O6S/c1-10-4-7-14(23-10)15(2,18)9-16-11-5-6-12(17(19)20)13(8-11)24(3,21)22/h4-8,16,18H,9H2,1-3H3. The molecule has 2 aromatic rings. The first-order valence-electron chi connectivity index (χ1n) is 7.02. The highest BCUT2D eigenvalue weighted by Crippen LogP contribution is 2.28. The number of aliphatic hydroxyl groups is 1. The molecule has 0 bridgehead atoms. The molecule has 24 heavy (non-hydrogen) atoms. The third kappa shape index (κ3) is 3.92. The molecule has 130 valence electrons. The third-order valence-electron chi connectivity index (χ3n) is 3.46. The van der Waals surface area contributed by atoms with Gasteiger partial charge in [0.15, 0.2) is 9.84 Å². The summed E-state index contributed by atoms with van der Waals surface area (Å²) in [4.78, 5) is 9.82. The molecular weight excluding hydrogens is 336 g/mol. The van der Waals surface area contributed by atoms with E-state index in [0.717, 1.165) is 12.3 Å². The molecule has 1 unspecified atom stereocenters. The number of hydrogen-bond acceptors (Lipinski definition) is 7. The lowest BCUT2D eigenvalue weighted by Gasteiger charge is -2.22. The van der Waals surface area contributed by atoms with Gasteiger partial charge in [-0.3, -0.25) is 10.1 Å². The predicted octanol–water partition coefficient (Wildman–Crippen LogP) is 2.22. The van der Waals surface area contributed by atoms with Gasteiger partial charge in [-0.2, -0.15) is 0 Å². The van der Waals surface area contributed by atoms with Crippen LogP contribution in [0.15, 0.2) is 39.6 Å². The number of rotatable bonds is 6. The summed E-state index contributed by atoms with van der Waals surface area (Å²) in [6, 6.07) is 7.05. The molecule has 1 aromatic heterocycles. The number of nitro groups is 1. The molecule has 0 amide bonds. The molecule has 0 spiro atoms. The number of benzene rings is 1. The second-order valence-corrected chi connectivity index (χ2v) is 7.73. The fourth-order valence-corrected chi connectivity index (χ4v) is 3.02.